The summed E-state index contributed by atoms with van der Waals surface area (Å²) in [5, 5.41) is 0. The van der Waals surface area contributed by atoms with Gasteiger partial charge in [0.05, 0.1) is 0 Å². The minimum Gasteiger partial charge on any atom is -0.294 e. The van der Waals surface area contributed by atoms with Crippen LogP contribution < -0.4 is 0 Å². The van der Waals surface area contributed by atoms with Crippen molar-refractivity contribution in [2.75, 3.05) is 6.54 Å². The summed E-state index contributed by atoms with van der Waals surface area (Å²) in [5.41, 5.74) is 4.20. The molecule has 1 heterocycles. The van der Waals surface area contributed by atoms with Gasteiger partial charge in [-0.05, 0) is 30.9 Å². The predicted molar refractivity (Wildman–Crippen MR) is 56.4 cm³/mol. The molecule has 0 aliphatic carbocycles. The van der Waals surface area contributed by atoms with Gasteiger partial charge < -0.3 is 0 Å². The Morgan fingerprint density at radius 2 is 2.15 bits per heavy atom. The molecule has 68 valence electrons. The molecule has 0 N–H and O–H groups in total. The van der Waals surface area contributed by atoms with Gasteiger partial charge in [-0.25, -0.2) is 0 Å². The van der Waals surface area contributed by atoms with Gasteiger partial charge in [-0.1, -0.05) is 24.3 Å². The van der Waals surface area contributed by atoms with Gasteiger partial charge in [0, 0.05) is 18.7 Å². The molecule has 1 nitrogen and oxygen atoms in total. The van der Waals surface area contributed by atoms with E-state index in [9.17, 15) is 0 Å². The van der Waals surface area contributed by atoms with E-state index in [1.807, 2.05) is 0 Å². The second-order valence-corrected chi connectivity index (χ2v) is 3.65. The summed E-state index contributed by atoms with van der Waals surface area (Å²) in [6.07, 6.45) is 3.52. The number of hydrogen-bond donors (Lipinski definition) is 0. The normalized spacial score (nSPS) is 15.9. The van der Waals surface area contributed by atoms with Crippen molar-refractivity contribution in [2.45, 2.75) is 26.2 Å². The largest absolute Gasteiger partial charge is 0.294 e. The molecule has 1 aromatic carbocycles. The molecular weight excluding hydrogens is 158 g/mol. The standard InChI is InChI=1S/C12H15N/c1-10-5-2-3-6-11(10)9-12-7-4-8-13-12/h2-3,5-6H,4,7-9H2,1H3. The second kappa shape index (κ2) is 3.73. The number of benzene rings is 1. The van der Waals surface area contributed by atoms with Gasteiger partial charge in [0.15, 0.2) is 0 Å². The van der Waals surface area contributed by atoms with Crippen molar-refractivity contribution in [1.29, 1.82) is 0 Å². The van der Waals surface area contributed by atoms with E-state index in [4.69, 9.17) is 0 Å². The van der Waals surface area contributed by atoms with Gasteiger partial charge >= 0.3 is 0 Å². The first-order valence-electron chi connectivity index (χ1n) is 4.93. The fourth-order valence-electron chi connectivity index (χ4n) is 1.77. The molecule has 1 aromatic rings. The van der Waals surface area contributed by atoms with Crippen LogP contribution in [-0.4, -0.2) is 12.3 Å². The van der Waals surface area contributed by atoms with Gasteiger partial charge in [-0.3, -0.25) is 4.99 Å². The molecule has 0 saturated heterocycles. The summed E-state index contributed by atoms with van der Waals surface area (Å²) < 4.78 is 0. The van der Waals surface area contributed by atoms with E-state index >= 15 is 0 Å². The molecule has 2 rings (SSSR count). The Morgan fingerprint density at radius 3 is 2.85 bits per heavy atom. The monoisotopic (exact) mass is 173 g/mol. The summed E-state index contributed by atoms with van der Waals surface area (Å²) in [5.74, 6) is 0. The highest BCUT2D eigenvalue weighted by Gasteiger charge is 2.07. The molecule has 0 saturated carbocycles. The summed E-state index contributed by atoms with van der Waals surface area (Å²) in [4.78, 5) is 4.49. The molecular formula is C12H15N. The highest BCUT2D eigenvalue weighted by molar-refractivity contribution is 5.88. The fourth-order valence-corrected chi connectivity index (χ4v) is 1.77. The zero-order valence-corrected chi connectivity index (χ0v) is 8.09. The van der Waals surface area contributed by atoms with Crippen LogP contribution >= 0.6 is 0 Å². The molecule has 1 aliphatic heterocycles. The Bertz CT molecular complexity index is 326. The summed E-state index contributed by atoms with van der Waals surface area (Å²) in [7, 11) is 0. The van der Waals surface area contributed by atoms with Crippen LogP contribution in [0.3, 0.4) is 0 Å². The molecule has 0 radical (unpaired) electrons. The van der Waals surface area contributed by atoms with Crippen LogP contribution in [0.15, 0.2) is 29.3 Å². The lowest BCUT2D eigenvalue weighted by Crippen LogP contribution is -2.00. The zero-order valence-electron chi connectivity index (χ0n) is 8.09. The van der Waals surface area contributed by atoms with Crippen molar-refractivity contribution < 1.29 is 0 Å². The van der Waals surface area contributed by atoms with Crippen LogP contribution in [0.4, 0.5) is 0 Å². The topological polar surface area (TPSA) is 12.4 Å². The Labute approximate surface area is 79.5 Å². The Balaban J connectivity index is 2.13. The van der Waals surface area contributed by atoms with E-state index < -0.39 is 0 Å². The summed E-state index contributed by atoms with van der Waals surface area (Å²) in [6, 6.07) is 8.58. The molecule has 0 bridgehead atoms. The third kappa shape index (κ3) is 1.97. The van der Waals surface area contributed by atoms with Gasteiger partial charge in [0.1, 0.15) is 0 Å². The lowest BCUT2D eigenvalue weighted by Gasteiger charge is -2.04. The molecule has 0 unspecified atom stereocenters. The number of aryl methyl sites for hydroxylation is 1. The number of hydrogen-bond acceptors (Lipinski definition) is 1. The first-order valence-corrected chi connectivity index (χ1v) is 4.93. The van der Waals surface area contributed by atoms with Crippen molar-refractivity contribution in [1.82, 2.24) is 0 Å². The quantitative estimate of drug-likeness (QED) is 0.652. The highest BCUT2D eigenvalue weighted by Crippen LogP contribution is 2.13. The van der Waals surface area contributed by atoms with Gasteiger partial charge in [-0.15, -0.1) is 0 Å². The third-order valence-corrected chi connectivity index (χ3v) is 2.61. The first kappa shape index (κ1) is 8.49. The Kier molecular flexibility index (Phi) is 2.44. The van der Waals surface area contributed by atoms with E-state index in [0.29, 0.717) is 0 Å². The van der Waals surface area contributed by atoms with Crippen LogP contribution in [0, 0.1) is 6.92 Å². The Hall–Kier alpha value is -1.11. The van der Waals surface area contributed by atoms with E-state index in [1.54, 1.807) is 0 Å². The molecule has 13 heavy (non-hydrogen) atoms. The fraction of sp³-hybridized carbons (Fsp3) is 0.417. The maximum absolute atomic E-state index is 4.49. The van der Waals surface area contributed by atoms with Crippen LogP contribution in [0.25, 0.3) is 0 Å². The number of rotatable bonds is 2. The number of nitrogens with zero attached hydrogens (tertiary/aromatic N) is 1. The second-order valence-electron chi connectivity index (χ2n) is 3.65. The van der Waals surface area contributed by atoms with Crippen molar-refractivity contribution in [3.8, 4) is 0 Å². The maximum atomic E-state index is 4.49. The predicted octanol–water partition coefficient (Wildman–Crippen LogP) is 2.77. The molecule has 0 amide bonds. The van der Waals surface area contributed by atoms with Crippen molar-refractivity contribution in [3.05, 3.63) is 35.4 Å². The van der Waals surface area contributed by atoms with Gasteiger partial charge in [-0.2, -0.15) is 0 Å². The van der Waals surface area contributed by atoms with Gasteiger partial charge in [0.25, 0.3) is 0 Å². The average Bonchev–Trinajstić information content (AvgIpc) is 2.61. The van der Waals surface area contributed by atoms with E-state index in [-0.39, 0.29) is 0 Å². The smallest absolute Gasteiger partial charge is 0.0392 e. The minimum atomic E-state index is 1.04. The van der Waals surface area contributed by atoms with Crippen LogP contribution in [0.5, 0.6) is 0 Å². The molecule has 0 spiro atoms. The van der Waals surface area contributed by atoms with E-state index in [2.05, 4.69) is 36.2 Å². The van der Waals surface area contributed by atoms with Crippen molar-refractivity contribution >= 4 is 5.71 Å². The van der Waals surface area contributed by atoms with Gasteiger partial charge in [0.2, 0.25) is 0 Å². The molecule has 0 aromatic heterocycles. The van der Waals surface area contributed by atoms with Crippen molar-refractivity contribution in [2.24, 2.45) is 4.99 Å². The molecule has 1 aliphatic rings. The summed E-state index contributed by atoms with van der Waals surface area (Å²) in [6.45, 7) is 3.21. The summed E-state index contributed by atoms with van der Waals surface area (Å²) >= 11 is 0. The van der Waals surface area contributed by atoms with Crippen LogP contribution in [0.1, 0.15) is 24.0 Å². The minimum absolute atomic E-state index is 1.04. The lowest BCUT2D eigenvalue weighted by molar-refractivity contribution is 0.949. The van der Waals surface area contributed by atoms with E-state index in [0.717, 1.165) is 13.0 Å². The zero-order chi connectivity index (χ0) is 9.10. The molecule has 0 atom stereocenters. The van der Waals surface area contributed by atoms with E-state index in [1.165, 1.54) is 29.7 Å². The Morgan fingerprint density at radius 1 is 1.31 bits per heavy atom. The highest BCUT2D eigenvalue weighted by atomic mass is 14.8. The average molecular weight is 173 g/mol. The number of aliphatic imine (C=N–C) groups is 1. The lowest BCUT2D eigenvalue weighted by atomic mass is 10.0. The maximum Gasteiger partial charge on any atom is 0.0392 e. The van der Waals surface area contributed by atoms with Crippen molar-refractivity contribution in [3.63, 3.8) is 0 Å². The van der Waals surface area contributed by atoms with Crippen LogP contribution in [-0.2, 0) is 6.42 Å². The molecule has 0 fully saturated rings. The third-order valence-electron chi connectivity index (χ3n) is 2.61. The first-order chi connectivity index (χ1) is 6.36. The SMILES string of the molecule is Cc1ccccc1CC1=NCCC1. The molecule has 1 heteroatoms. The van der Waals surface area contributed by atoms with Crippen LogP contribution in [0.2, 0.25) is 0 Å².